The van der Waals surface area contributed by atoms with Crippen LogP contribution in [0.1, 0.15) is 67.6 Å². The maximum atomic E-state index is 8.42. The van der Waals surface area contributed by atoms with Gasteiger partial charge in [0.05, 0.1) is 0 Å². The first-order valence-corrected chi connectivity index (χ1v) is 14.8. The molecule has 0 fully saturated rings. The van der Waals surface area contributed by atoms with Gasteiger partial charge in [-0.1, -0.05) is 0 Å². The van der Waals surface area contributed by atoms with E-state index < -0.39 is 18.4 Å². The molecule has 0 spiro atoms. The molecular formula is C15H32Sn. The predicted octanol–water partition coefficient (Wildman–Crippen LogP) is 5.95. The molecule has 0 heterocycles. The fourth-order valence-electron chi connectivity index (χ4n) is 2.44. The molecule has 0 aliphatic carbocycles. The molecule has 0 aliphatic rings. The van der Waals surface area contributed by atoms with Crippen molar-refractivity contribution >= 4 is 18.4 Å². The van der Waals surface area contributed by atoms with Gasteiger partial charge in [0.1, 0.15) is 0 Å². The summed E-state index contributed by atoms with van der Waals surface area (Å²) in [5.74, 6) is 0. The third-order valence-corrected chi connectivity index (χ3v) is 17.3. The second kappa shape index (κ2) is 10.7. The molecule has 16 heavy (non-hydrogen) atoms. The Bertz CT molecular complexity index is 189. The summed E-state index contributed by atoms with van der Waals surface area (Å²) in [7, 11) is 0. The summed E-state index contributed by atoms with van der Waals surface area (Å²) in [6.45, 7) is 8.94. The van der Waals surface area contributed by atoms with E-state index >= 15 is 0 Å². The van der Waals surface area contributed by atoms with Gasteiger partial charge in [0.25, 0.3) is 0 Å². The van der Waals surface area contributed by atoms with Gasteiger partial charge >= 0.3 is 109 Å². The van der Waals surface area contributed by atoms with Crippen LogP contribution in [0.25, 0.3) is 0 Å². The Morgan fingerprint density at radius 2 is 1.25 bits per heavy atom. The molecule has 0 N–H and O–H groups in total. The Morgan fingerprint density at radius 3 is 1.50 bits per heavy atom. The molecule has 0 atom stereocenters. The molecule has 0 radical (unpaired) electrons. The second-order valence-corrected chi connectivity index (χ2v) is 17.4. The van der Waals surface area contributed by atoms with Crippen LogP contribution in [0.3, 0.4) is 0 Å². The van der Waals surface area contributed by atoms with Crippen molar-refractivity contribution in [1.29, 1.82) is 0 Å². The van der Waals surface area contributed by atoms with Crippen molar-refractivity contribution in [2.45, 2.75) is 79.5 Å². The first kappa shape index (κ1) is 14.6. The topological polar surface area (TPSA) is 0 Å². The third-order valence-electron chi connectivity index (χ3n) is 3.48. The Morgan fingerprint density at radius 1 is 0.875 bits per heavy atom. The van der Waals surface area contributed by atoms with Crippen LogP contribution >= 0.6 is 0 Å². The van der Waals surface area contributed by atoms with Crippen molar-refractivity contribution in [2.75, 3.05) is 0 Å². The minimum absolute atomic E-state index is 1.11. The van der Waals surface area contributed by atoms with E-state index in [4.69, 9.17) is 1.37 Å². The van der Waals surface area contributed by atoms with Gasteiger partial charge in [-0.3, -0.25) is 0 Å². The molecule has 0 nitrogen and oxygen atoms in total. The Hall–Kier alpha value is 0.539. The maximum absolute atomic E-state index is 8.42. The van der Waals surface area contributed by atoms with E-state index in [0.717, 1.165) is 4.07 Å². The summed E-state index contributed by atoms with van der Waals surface area (Å²) in [5, 5.41) is 0. The number of hydrogen-bond acceptors (Lipinski definition) is 0. The molecule has 0 aromatic carbocycles. The molecular weight excluding hydrogens is 299 g/mol. The molecule has 0 bridgehead atoms. The zero-order chi connectivity index (χ0) is 13.1. The molecule has 0 aromatic rings. The van der Waals surface area contributed by atoms with E-state index in [9.17, 15) is 0 Å². The summed E-state index contributed by atoms with van der Waals surface area (Å²) >= 11 is -2.27. The zero-order valence-corrected chi connectivity index (χ0v) is 14.8. The van der Waals surface area contributed by atoms with Crippen molar-refractivity contribution < 1.29 is 1.37 Å². The molecule has 96 valence electrons. The molecule has 0 aromatic heterocycles. The van der Waals surface area contributed by atoms with Crippen molar-refractivity contribution in [2.24, 2.45) is 0 Å². The van der Waals surface area contributed by atoms with Crippen LogP contribution in [0, 0.1) is 0 Å². The molecule has 0 unspecified atom stereocenters. The van der Waals surface area contributed by atoms with Crippen LogP contribution in [-0.4, -0.2) is 18.4 Å². The monoisotopic (exact) mass is 333 g/mol. The molecule has 0 aliphatic heterocycles. The first-order chi connectivity index (χ1) is 8.16. The molecule has 0 rings (SSSR count). The SMILES string of the molecule is [2H]/[C](=C\C)[Sn]([CH2]CCC)([CH2]CCC)[CH2]CCC. The normalized spacial score (nSPS) is 14.0. The summed E-state index contributed by atoms with van der Waals surface area (Å²) in [5.41, 5.74) is 0. The Balaban J connectivity index is 4.77. The minimum atomic E-state index is -2.27. The van der Waals surface area contributed by atoms with E-state index in [1.54, 1.807) is 0 Å². The van der Waals surface area contributed by atoms with Gasteiger partial charge < -0.3 is 0 Å². The molecule has 0 saturated carbocycles. The van der Waals surface area contributed by atoms with Crippen molar-refractivity contribution in [3.05, 3.63) is 10.1 Å². The van der Waals surface area contributed by atoms with Crippen LogP contribution in [-0.2, 0) is 0 Å². The summed E-state index contributed by atoms with van der Waals surface area (Å²) < 4.78 is 13.8. The molecule has 0 saturated heterocycles. The predicted molar refractivity (Wildman–Crippen MR) is 79.7 cm³/mol. The summed E-state index contributed by atoms with van der Waals surface area (Å²) in [6.07, 6.45) is 10.1. The number of hydrogen-bond donors (Lipinski definition) is 0. The fourth-order valence-corrected chi connectivity index (χ4v) is 16.4. The Kier molecular flexibility index (Phi) is 9.74. The number of unbranched alkanes of at least 4 members (excludes halogenated alkanes) is 3. The average molecular weight is 332 g/mol. The fraction of sp³-hybridized carbons (Fsp3) is 0.867. The van der Waals surface area contributed by atoms with Crippen LogP contribution in [0.5, 0.6) is 0 Å². The van der Waals surface area contributed by atoms with Crippen LogP contribution in [0.4, 0.5) is 0 Å². The number of rotatable bonds is 10. The van der Waals surface area contributed by atoms with Crippen molar-refractivity contribution in [3.8, 4) is 0 Å². The quantitative estimate of drug-likeness (QED) is 0.434. The van der Waals surface area contributed by atoms with E-state index in [1.165, 1.54) is 51.8 Å². The van der Waals surface area contributed by atoms with E-state index in [-0.39, 0.29) is 0 Å². The first-order valence-electron chi connectivity index (χ1n) is 7.80. The average Bonchev–Trinajstić information content (AvgIpc) is 2.37. The zero-order valence-electron chi connectivity index (χ0n) is 12.9. The van der Waals surface area contributed by atoms with Crippen molar-refractivity contribution in [3.63, 3.8) is 0 Å². The van der Waals surface area contributed by atoms with Gasteiger partial charge in [-0.15, -0.1) is 0 Å². The van der Waals surface area contributed by atoms with Crippen LogP contribution in [0.2, 0.25) is 13.3 Å². The van der Waals surface area contributed by atoms with Crippen molar-refractivity contribution in [1.82, 2.24) is 0 Å². The van der Waals surface area contributed by atoms with Gasteiger partial charge in [0.15, 0.2) is 0 Å². The van der Waals surface area contributed by atoms with Crippen LogP contribution in [0.15, 0.2) is 10.1 Å². The van der Waals surface area contributed by atoms with Gasteiger partial charge in [-0.25, -0.2) is 0 Å². The van der Waals surface area contributed by atoms with Crippen LogP contribution < -0.4 is 0 Å². The number of allylic oxidation sites excluding steroid dienone is 1. The third kappa shape index (κ3) is 6.98. The van der Waals surface area contributed by atoms with Gasteiger partial charge in [-0.2, -0.15) is 0 Å². The molecule has 1 heteroatoms. The second-order valence-electron chi connectivity index (χ2n) is 5.02. The van der Waals surface area contributed by atoms with Gasteiger partial charge in [0.2, 0.25) is 0 Å². The van der Waals surface area contributed by atoms with E-state index in [2.05, 4.69) is 33.8 Å². The molecule has 0 amide bonds. The Labute approximate surface area is 109 Å². The van der Waals surface area contributed by atoms with Gasteiger partial charge in [-0.05, 0) is 0 Å². The standard InChI is InChI=1S/3C4H9.C3H5.Sn/c3*1-3-4-2;1-3-2;/h3*1,3-4H2,2H3;1,3H,2H3;/i;;;1D;. The van der Waals surface area contributed by atoms with E-state index in [1.807, 2.05) is 0 Å². The van der Waals surface area contributed by atoms with Gasteiger partial charge in [0, 0.05) is 0 Å². The summed E-state index contributed by atoms with van der Waals surface area (Å²) in [6, 6.07) is 0. The van der Waals surface area contributed by atoms with E-state index in [0.29, 0.717) is 0 Å². The summed E-state index contributed by atoms with van der Waals surface area (Å²) in [4.78, 5) is 0.